The quantitative estimate of drug-likeness (QED) is 0.289. The number of hydrogen-bond acceptors (Lipinski definition) is 7. The van der Waals surface area contributed by atoms with Gasteiger partial charge in [-0.1, -0.05) is 6.08 Å². The van der Waals surface area contributed by atoms with Crippen molar-refractivity contribution in [2.45, 2.75) is 56.2 Å². The Morgan fingerprint density at radius 2 is 1.27 bits per heavy atom. The van der Waals surface area contributed by atoms with Crippen molar-refractivity contribution in [2.75, 3.05) is 39.6 Å². The highest BCUT2D eigenvalue weighted by Crippen LogP contribution is 2.49. The second-order valence-corrected chi connectivity index (χ2v) is 8.12. The highest BCUT2D eigenvalue weighted by atomic mass is 16.6. The fourth-order valence-electron chi connectivity index (χ4n) is 3.83. The van der Waals surface area contributed by atoms with Gasteiger partial charge < -0.3 is 28.4 Å². The molecule has 5 fully saturated rings. The molecule has 26 heavy (non-hydrogen) atoms. The predicted molar refractivity (Wildman–Crippen MR) is 88.6 cm³/mol. The van der Waals surface area contributed by atoms with E-state index in [2.05, 4.69) is 0 Å². The lowest BCUT2D eigenvalue weighted by Gasteiger charge is -2.34. The summed E-state index contributed by atoms with van der Waals surface area (Å²) in [6.07, 6.45) is 6.18. The van der Waals surface area contributed by atoms with Crippen molar-refractivity contribution >= 4 is 5.97 Å². The molecule has 7 heteroatoms. The van der Waals surface area contributed by atoms with E-state index in [0.717, 1.165) is 57.7 Å². The number of rotatable bonds is 12. The molecule has 5 saturated heterocycles. The molecule has 0 bridgehead atoms. The first kappa shape index (κ1) is 17.1. The summed E-state index contributed by atoms with van der Waals surface area (Å²) < 4.78 is 32.7. The summed E-state index contributed by atoms with van der Waals surface area (Å²) in [5.74, 6) is -0.233. The molecule has 5 aliphatic rings. The smallest absolute Gasteiger partial charge is 0.334 e. The van der Waals surface area contributed by atoms with Gasteiger partial charge in [0.25, 0.3) is 0 Å². The molecule has 5 atom stereocenters. The molecule has 5 heterocycles. The Hall–Kier alpha value is -0.990. The second-order valence-electron chi connectivity index (χ2n) is 8.12. The van der Waals surface area contributed by atoms with Crippen LogP contribution in [0.3, 0.4) is 0 Å². The summed E-state index contributed by atoms with van der Waals surface area (Å²) in [5.41, 5.74) is 0.440. The fourth-order valence-corrected chi connectivity index (χ4v) is 3.83. The van der Waals surface area contributed by atoms with Gasteiger partial charge in [-0.25, -0.2) is 4.79 Å². The second kappa shape index (κ2) is 6.87. The fraction of sp³-hybridized carbons (Fsp3) is 0.842. The van der Waals surface area contributed by atoms with Gasteiger partial charge in [0, 0.05) is 11.0 Å². The average Bonchev–Trinajstić information content (AvgIpc) is 3.39. The van der Waals surface area contributed by atoms with Crippen LogP contribution in [0.2, 0.25) is 0 Å². The van der Waals surface area contributed by atoms with E-state index in [1.165, 1.54) is 0 Å². The van der Waals surface area contributed by atoms with Crippen LogP contribution in [0.15, 0.2) is 11.6 Å². The minimum atomic E-state index is -0.320. The summed E-state index contributed by atoms with van der Waals surface area (Å²) in [6.45, 7) is 4.07. The largest absolute Gasteiger partial charge is 0.459 e. The number of epoxide rings is 5. The Morgan fingerprint density at radius 1 is 0.808 bits per heavy atom. The maximum atomic E-state index is 13.1. The number of carbonyl (C=O) groups excluding carboxylic acids is 1. The predicted octanol–water partition coefficient (Wildman–Crippen LogP) is 0.997. The van der Waals surface area contributed by atoms with Crippen molar-refractivity contribution in [1.29, 1.82) is 0 Å². The van der Waals surface area contributed by atoms with Gasteiger partial charge in [-0.3, -0.25) is 0 Å². The molecule has 0 radical (unpaired) electrons. The van der Waals surface area contributed by atoms with Crippen LogP contribution in [-0.2, 0) is 33.2 Å². The molecule has 0 aromatic heterocycles. The van der Waals surface area contributed by atoms with Crippen LogP contribution in [0.1, 0.15) is 25.7 Å². The number of hydrogen-bond donors (Lipinski definition) is 0. The molecule has 0 aromatic carbocycles. The van der Waals surface area contributed by atoms with Crippen LogP contribution >= 0.6 is 0 Å². The van der Waals surface area contributed by atoms with Crippen molar-refractivity contribution in [2.24, 2.45) is 5.41 Å². The van der Waals surface area contributed by atoms with Crippen molar-refractivity contribution in [3.63, 3.8) is 0 Å². The molecule has 0 spiro atoms. The first-order valence-corrected chi connectivity index (χ1v) is 9.66. The van der Waals surface area contributed by atoms with Gasteiger partial charge in [0.2, 0.25) is 0 Å². The van der Waals surface area contributed by atoms with E-state index in [1.54, 1.807) is 0 Å². The van der Waals surface area contributed by atoms with Crippen LogP contribution in [0.4, 0.5) is 0 Å². The van der Waals surface area contributed by atoms with E-state index in [-0.39, 0.29) is 41.9 Å². The molecule has 144 valence electrons. The normalized spacial score (nSPS) is 39.1. The van der Waals surface area contributed by atoms with Crippen LogP contribution in [0, 0.1) is 5.41 Å². The lowest BCUT2D eigenvalue weighted by atomic mass is 9.69. The van der Waals surface area contributed by atoms with Gasteiger partial charge in [-0.2, -0.15) is 0 Å². The molecule has 5 rings (SSSR count). The highest BCUT2D eigenvalue weighted by molar-refractivity contribution is 5.90. The summed E-state index contributed by atoms with van der Waals surface area (Å²) in [7, 11) is 0. The summed E-state index contributed by atoms with van der Waals surface area (Å²) >= 11 is 0. The van der Waals surface area contributed by atoms with Gasteiger partial charge in [0.05, 0.1) is 57.5 Å². The Morgan fingerprint density at radius 3 is 1.69 bits per heavy atom. The zero-order valence-corrected chi connectivity index (χ0v) is 14.9. The monoisotopic (exact) mass is 366 g/mol. The number of esters is 1. The van der Waals surface area contributed by atoms with Crippen molar-refractivity contribution in [1.82, 2.24) is 0 Å². The lowest BCUT2D eigenvalue weighted by molar-refractivity contribution is -0.141. The standard InChI is InChI=1S/C19H26O7/c20-18(26-11-16-10-25-16)17(2-1-12-6-21-12)19(3-13-7-22-13,4-14-8-23-14)5-15-9-24-15/h2,12-16H,1,3-11H2. The van der Waals surface area contributed by atoms with E-state index in [9.17, 15) is 4.79 Å². The number of ether oxygens (including phenoxy) is 6. The van der Waals surface area contributed by atoms with Crippen LogP contribution in [0.5, 0.6) is 0 Å². The molecule has 0 aromatic rings. The van der Waals surface area contributed by atoms with Crippen LogP contribution < -0.4 is 0 Å². The minimum absolute atomic E-state index is 0.0617. The Balaban J connectivity index is 1.39. The first-order valence-electron chi connectivity index (χ1n) is 9.66. The zero-order chi connectivity index (χ0) is 17.6. The Kier molecular flexibility index (Phi) is 4.53. The van der Waals surface area contributed by atoms with Gasteiger partial charge in [-0.15, -0.1) is 0 Å². The molecular weight excluding hydrogens is 340 g/mol. The molecule has 0 aliphatic carbocycles. The Labute approximate surface area is 152 Å². The molecule has 5 aliphatic heterocycles. The van der Waals surface area contributed by atoms with E-state index in [4.69, 9.17) is 28.4 Å². The van der Waals surface area contributed by atoms with Crippen molar-refractivity contribution < 1.29 is 33.2 Å². The van der Waals surface area contributed by atoms with E-state index < -0.39 is 0 Å². The molecule has 5 unspecified atom stereocenters. The van der Waals surface area contributed by atoms with Crippen LogP contribution in [-0.4, -0.2) is 76.1 Å². The van der Waals surface area contributed by atoms with Gasteiger partial charge in [0.15, 0.2) is 0 Å². The number of carbonyl (C=O) groups is 1. The van der Waals surface area contributed by atoms with Gasteiger partial charge in [0.1, 0.15) is 12.7 Å². The minimum Gasteiger partial charge on any atom is -0.459 e. The topological polar surface area (TPSA) is 89.0 Å². The maximum Gasteiger partial charge on any atom is 0.334 e. The summed E-state index contributed by atoms with van der Waals surface area (Å²) in [6, 6.07) is 0. The van der Waals surface area contributed by atoms with Crippen LogP contribution in [0.25, 0.3) is 0 Å². The molecule has 0 amide bonds. The maximum absolute atomic E-state index is 13.1. The lowest BCUT2D eigenvalue weighted by Crippen LogP contribution is -2.34. The molecular formula is C19H26O7. The van der Waals surface area contributed by atoms with Gasteiger partial charge in [-0.05, 0) is 25.7 Å². The highest BCUT2D eigenvalue weighted by Gasteiger charge is 2.50. The molecule has 0 N–H and O–H groups in total. The third-order valence-electron chi connectivity index (χ3n) is 5.64. The SMILES string of the molecule is O=C(OCC1CO1)C(=CCC1CO1)C(CC1CO1)(CC1CO1)CC1CO1. The Bertz CT molecular complexity index is 532. The molecule has 7 nitrogen and oxygen atoms in total. The van der Waals surface area contributed by atoms with E-state index >= 15 is 0 Å². The third-order valence-corrected chi connectivity index (χ3v) is 5.64. The van der Waals surface area contributed by atoms with Crippen molar-refractivity contribution in [3.05, 3.63) is 11.6 Å². The summed E-state index contributed by atoms with van der Waals surface area (Å²) in [5, 5.41) is 0. The zero-order valence-electron chi connectivity index (χ0n) is 14.9. The first-order chi connectivity index (χ1) is 12.7. The van der Waals surface area contributed by atoms with E-state index in [1.807, 2.05) is 6.08 Å². The van der Waals surface area contributed by atoms with Crippen molar-refractivity contribution in [3.8, 4) is 0 Å². The van der Waals surface area contributed by atoms with E-state index in [0.29, 0.717) is 13.2 Å². The molecule has 0 saturated carbocycles. The summed E-state index contributed by atoms with van der Waals surface area (Å²) in [4.78, 5) is 13.1. The third kappa shape index (κ3) is 4.64. The average molecular weight is 366 g/mol. The van der Waals surface area contributed by atoms with Gasteiger partial charge >= 0.3 is 5.97 Å².